The number of carbonyl (C=O) groups excluding carboxylic acids is 1. The third kappa shape index (κ3) is 4.76. The lowest BCUT2D eigenvalue weighted by Crippen LogP contribution is -2.47. The number of hydrogen-bond donors (Lipinski definition) is 3. The Hall–Kier alpha value is -2.67. The Morgan fingerprint density at radius 2 is 1.79 bits per heavy atom. The monoisotopic (exact) mass is 464 g/mol. The van der Waals surface area contributed by atoms with Gasteiger partial charge in [0.2, 0.25) is 5.95 Å². The molecule has 0 aliphatic heterocycles. The van der Waals surface area contributed by atoms with Crippen molar-refractivity contribution in [2.24, 2.45) is 16.7 Å². The number of carbonyl (C=O) groups is 1. The summed E-state index contributed by atoms with van der Waals surface area (Å²) in [7, 11) is 0. The van der Waals surface area contributed by atoms with Crippen LogP contribution in [0.3, 0.4) is 0 Å². The van der Waals surface area contributed by atoms with Crippen LogP contribution in [0.25, 0.3) is 0 Å². The maximum absolute atomic E-state index is 13.0. The van der Waals surface area contributed by atoms with E-state index in [1.54, 1.807) is 12.3 Å². The van der Waals surface area contributed by atoms with E-state index >= 15 is 0 Å². The zero-order chi connectivity index (χ0) is 24.3. The molecule has 4 rings (SSSR count). The number of likely N-dealkylation sites (N-methyl/N-ethyl adjacent to an activating group) is 1. The number of benzene rings is 1. The number of nitrogens with zero attached hydrogens (tertiary/aromatic N) is 3. The number of nitrogens with one attached hydrogen (secondary N) is 3. The Balaban J connectivity index is 1.33. The van der Waals surface area contributed by atoms with Crippen molar-refractivity contribution >= 4 is 23.2 Å². The van der Waals surface area contributed by atoms with Crippen LogP contribution in [-0.2, 0) is 0 Å². The summed E-state index contributed by atoms with van der Waals surface area (Å²) >= 11 is 0. The average molecular weight is 465 g/mol. The Bertz CT molecular complexity index is 987. The fourth-order valence-corrected chi connectivity index (χ4v) is 5.90. The third-order valence-corrected chi connectivity index (χ3v) is 8.78. The molecule has 34 heavy (non-hydrogen) atoms. The molecule has 2 saturated carbocycles. The van der Waals surface area contributed by atoms with Crippen molar-refractivity contribution in [3.8, 4) is 0 Å². The minimum absolute atomic E-state index is 0.118. The Morgan fingerprint density at radius 1 is 1.09 bits per heavy atom. The molecule has 1 heterocycles. The van der Waals surface area contributed by atoms with Gasteiger partial charge in [0.15, 0.2) is 0 Å². The fourth-order valence-electron chi connectivity index (χ4n) is 5.90. The van der Waals surface area contributed by atoms with Gasteiger partial charge in [-0.1, -0.05) is 34.6 Å². The summed E-state index contributed by atoms with van der Waals surface area (Å²) in [4.78, 5) is 24.2. The third-order valence-electron chi connectivity index (χ3n) is 8.78. The van der Waals surface area contributed by atoms with Crippen molar-refractivity contribution in [2.45, 2.75) is 59.9 Å². The Morgan fingerprint density at radius 3 is 2.41 bits per heavy atom. The molecule has 0 spiro atoms. The number of amides is 1. The minimum atomic E-state index is -0.118. The molecule has 2 aliphatic carbocycles. The molecule has 184 valence electrons. The standard InChI is InChI=1S/C27H40N6O/c1-6-33(7-2)17-16-28-20-8-10-21(11-9-20)30-25-29-15-13-22(31-25)24(34)32-23-18-19-12-14-27(23,5)26(19,3)4/h8-11,13,15,19,23,28H,6-7,12,14,16-18H2,1-5H3,(H,32,34)(H,29,30,31). The van der Waals surface area contributed by atoms with Crippen LogP contribution in [0.2, 0.25) is 0 Å². The quantitative estimate of drug-likeness (QED) is 0.463. The lowest BCUT2D eigenvalue weighted by Gasteiger charge is -2.39. The van der Waals surface area contributed by atoms with Crippen LogP contribution in [0.15, 0.2) is 36.5 Å². The lowest BCUT2D eigenvalue weighted by atomic mass is 9.69. The molecule has 3 atom stereocenters. The van der Waals surface area contributed by atoms with Crippen LogP contribution in [0.1, 0.15) is 64.4 Å². The highest BCUT2D eigenvalue weighted by molar-refractivity contribution is 5.92. The normalized spacial score (nSPS) is 24.9. The van der Waals surface area contributed by atoms with Crippen LogP contribution < -0.4 is 16.0 Å². The second-order valence-electron chi connectivity index (χ2n) is 10.6. The first-order valence-electron chi connectivity index (χ1n) is 12.7. The molecule has 7 heteroatoms. The summed E-state index contributed by atoms with van der Waals surface area (Å²) < 4.78 is 0. The number of hydrogen-bond acceptors (Lipinski definition) is 6. The van der Waals surface area contributed by atoms with E-state index in [-0.39, 0.29) is 22.8 Å². The van der Waals surface area contributed by atoms with Gasteiger partial charge >= 0.3 is 0 Å². The molecule has 2 bridgehead atoms. The molecular weight excluding hydrogens is 424 g/mol. The maximum Gasteiger partial charge on any atom is 0.270 e. The molecule has 1 amide bonds. The van der Waals surface area contributed by atoms with Crippen LogP contribution in [-0.4, -0.2) is 53.0 Å². The second-order valence-corrected chi connectivity index (χ2v) is 10.6. The summed E-state index contributed by atoms with van der Waals surface area (Å²) in [6.45, 7) is 15.5. The van der Waals surface area contributed by atoms with Gasteiger partial charge in [-0.25, -0.2) is 9.97 Å². The highest BCUT2D eigenvalue weighted by Gasteiger charge is 2.61. The van der Waals surface area contributed by atoms with E-state index in [4.69, 9.17) is 0 Å². The van der Waals surface area contributed by atoms with Gasteiger partial charge in [-0.2, -0.15) is 0 Å². The van der Waals surface area contributed by atoms with Gasteiger partial charge in [-0.05, 0) is 79.4 Å². The van der Waals surface area contributed by atoms with Crippen molar-refractivity contribution in [1.29, 1.82) is 0 Å². The van der Waals surface area contributed by atoms with E-state index in [0.29, 0.717) is 17.6 Å². The van der Waals surface area contributed by atoms with Gasteiger partial charge in [-0.3, -0.25) is 4.79 Å². The minimum Gasteiger partial charge on any atom is -0.384 e. The number of anilines is 3. The molecule has 0 radical (unpaired) electrons. The van der Waals surface area contributed by atoms with Crippen molar-refractivity contribution in [2.75, 3.05) is 36.8 Å². The average Bonchev–Trinajstić information content (AvgIpc) is 3.17. The van der Waals surface area contributed by atoms with Crippen LogP contribution >= 0.6 is 0 Å². The predicted octanol–water partition coefficient (Wildman–Crippen LogP) is 4.92. The van der Waals surface area contributed by atoms with E-state index < -0.39 is 0 Å². The van der Waals surface area contributed by atoms with Crippen molar-refractivity contribution < 1.29 is 4.79 Å². The number of aromatic nitrogens is 2. The molecule has 3 unspecified atom stereocenters. The Kier molecular flexibility index (Phi) is 7.12. The van der Waals surface area contributed by atoms with E-state index in [1.165, 1.54) is 12.8 Å². The summed E-state index contributed by atoms with van der Waals surface area (Å²) in [6, 6.07) is 9.95. The van der Waals surface area contributed by atoms with Gasteiger partial charge in [0, 0.05) is 36.7 Å². The van der Waals surface area contributed by atoms with Crippen molar-refractivity contribution in [3.05, 3.63) is 42.2 Å². The summed E-state index contributed by atoms with van der Waals surface area (Å²) in [5.41, 5.74) is 2.76. The zero-order valence-electron chi connectivity index (χ0n) is 21.3. The smallest absolute Gasteiger partial charge is 0.270 e. The Labute approximate surface area is 204 Å². The molecule has 2 aliphatic rings. The molecule has 2 fully saturated rings. The van der Waals surface area contributed by atoms with Crippen LogP contribution in [0, 0.1) is 16.7 Å². The van der Waals surface area contributed by atoms with Crippen molar-refractivity contribution in [3.63, 3.8) is 0 Å². The largest absolute Gasteiger partial charge is 0.384 e. The summed E-state index contributed by atoms with van der Waals surface area (Å²) in [6.07, 6.45) is 5.13. The van der Waals surface area contributed by atoms with Gasteiger partial charge in [-0.15, -0.1) is 0 Å². The topological polar surface area (TPSA) is 82.2 Å². The highest BCUT2D eigenvalue weighted by Crippen LogP contribution is 2.65. The van der Waals surface area contributed by atoms with Gasteiger partial charge in [0.05, 0.1) is 0 Å². The van der Waals surface area contributed by atoms with Gasteiger partial charge in [0.1, 0.15) is 5.69 Å². The molecule has 7 nitrogen and oxygen atoms in total. The molecule has 1 aromatic carbocycles. The zero-order valence-corrected chi connectivity index (χ0v) is 21.3. The van der Waals surface area contributed by atoms with Crippen molar-refractivity contribution in [1.82, 2.24) is 20.2 Å². The molecule has 3 N–H and O–H groups in total. The van der Waals surface area contributed by atoms with E-state index in [0.717, 1.165) is 44.0 Å². The molecule has 0 saturated heterocycles. The number of fused-ring (bicyclic) bond motifs is 2. The van der Waals surface area contributed by atoms with Crippen LogP contribution in [0.4, 0.5) is 17.3 Å². The maximum atomic E-state index is 13.0. The molecule has 2 aromatic rings. The second kappa shape index (κ2) is 9.90. The van der Waals surface area contributed by atoms with Gasteiger partial charge in [0.25, 0.3) is 5.91 Å². The summed E-state index contributed by atoms with van der Waals surface area (Å²) in [5, 5.41) is 9.97. The molecular formula is C27H40N6O. The van der Waals surface area contributed by atoms with E-state index in [2.05, 4.69) is 65.4 Å². The van der Waals surface area contributed by atoms with E-state index in [9.17, 15) is 4.79 Å². The van der Waals surface area contributed by atoms with E-state index in [1.807, 2.05) is 24.3 Å². The first-order chi connectivity index (χ1) is 16.3. The molecule has 1 aromatic heterocycles. The highest BCUT2D eigenvalue weighted by atomic mass is 16.2. The predicted molar refractivity (Wildman–Crippen MR) is 139 cm³/mol. The van der Waals surface area contributed by atoms with Crippen LogP contribution in [0.5, 0.6) is 0 Å². The summed E-state index contributed by atoms with van der Waals surface area (Å²) in [5.74, 6) is 0.988. The first-order valence-corrected chi connectivity index (χ1v) is 12.7. The fraction of sp³-hybridized carbons (Fsp3) is 0.593. The first kappa shape index (κ1) is 24.5. The number of rotatable bonds is 10. The van der Waals surface area contributed by atoms with Gasteiger partial charge < -0.3 is 20.9 Å². The lowest BCUT2D eigenvalue weighted by molar-refractivity contribution is 0.0821. The SMILES string of the molecule is CCN(CC)CCNc1ccc(Nc2nccc(C(=O)NC3CC4CCC3(C)C4(C)C)n2)cc1.